The van der Waals surface area contributed by atoms with Gasteiger partial charge in [0.05, 0.1) is 5.56 Å². The highest BCUT2D eigenvalue weighted by Gasteiger charge is 2.29. The molecule has 9 nitrogen and oxygen atoms in total. The van der Waals surface area contributed by atoms with Crippen molar-refractivity contribution in [1.82, 2.24) is 24.8 Å². The maximum absolute atomic E-state index is 12.2. The maximum atomic E-state index is 12.2. The van der Waals surface area contributed by atoms with Crippen molar-refractivity contribution in [3.05, 3.63) is 77.0 Å². The number of ether oxygens (including phenoxy) is 1. The Morgan fingerprint density at radius 3 is 2.79 bits per heavy atom. The molecule has 4 heterocycles. The van der Waals surface area contributed by atoms with Crippen LogP contribution >= 0.6 is 11.6 Å². The predicted octanol–water partition coefficient (Wildman–Crippen LogP) is 4.37. The number of aromatic nitrogens is 4. The molecule has 4 aromatic rings. The lowest BCUT2D eigenvalue weighted by molar-refractivity contribution is -0.117. The molecule has 0 saturated heterocycles. The van der Waals surface area contributed by atoms with E-state index in [2.05, 4.69) is 47.3 Å². The van der Waals surface area contributed by atoms with Crippen molar-refractivity contribution in [1.29, 1.82) is 0 Å². The van der Waals surface area contributed by atoms with Crippen molar-refractivity contribution in [2.75, 3.05) is 37.9 Å². The first kappa shape index (κ1) is 26.4. The van der Waals surface area contributed by atoms with E-state index < -0.39 is 0 Å². The fourth-order valence-electron chi connectivity index (χ4n) is 4.02. The zero-order chi connectivity index (χ0) is 27.2. The Labute approximate surface area is 232 Å². The number of hydrogen-bond donors (Lipinski definition) is 2. The van der Waals surface area contributed by atoms with Crippen molar-refractivity contribution in [2.24, 2.45) is 5.92 Å². The second-order valence-electron chi connectivity index (χ2n) is 9.33. The molecule has 1 amide bonds. The zero-order valence-corrected chi connectivity index (χ0v) is 22.5. The van der Waals surface area contributed by atoms with Crippen LogP contribution in [0.1, 0.15) is 29.7 Å². The number of amides is 1. The van der Waals surface area contributed by atoms with Gasteiger partial charge in [-0.2, -0.15) is 0 Å². The first-order chi connectivity index (χ1) is 19.0. The third-order valence-electron chi connectivity index (χ3n) is 6.22. The molecule has 39 heavy (non-hydrogen) atoms. The Bertz CT molecular complexity index is 1560. The molecular formula is C29H28ClN7O2. The second kappa shape index (κ2) is 12.1. The number of carbonyl (C=O) groups is 1. The lowest BCUT2D eigenvalue weighted by atomic mass is 10.1. The highest BCUT2D eigenvalue weighted by molar-refractivity contribution is 6.29. The van der Waals surface area contributed by atoms with E-state index in [-0.39, 0.29) is 11.8 Å². The van der Waals surface area contributed by atoms with Gasteiger partial charge in [-0.25, -0.2) is 19.9 Å². The molecule has 0 unspecified atom stereocenters. The smallest absolute Gasteiger partial charge is 0.228 e. The third kappa shape index (κ3) is 6.99. The molecule has 2 N–H and O–H groups in total. The molecule has 198 valence electrons. The van der Waals surface area contributed by atoms with E-state index in [9.17, 15) is 4.79 Å². The summed E-state index contributed by atoms with van der Waals surface area (Å²) < 4.78 is 5.69. The van der Waals surface area contributed by atoms with E-state index in [1.54, 1.807) is 30.7 Å². The van der Waals surface area contributed by atoms with Gasteiger partial charge in [0.25, 0.3) is 0 Å². The summed E-state index contributed by atoms with van der Waals surface area (Å²) >= 11 is 5.91. The quantitative estimate of drug-likeness (QED) is 0.238. The van der Waals surface area contributed by atoms with E-state index in [4.69, 9.17) is 16.3 Å². The molecular weight excluding hydrogens is 514 g/mol. The van der Waals surface area contributed by atoms with Gasteiger partial charge in [0.15, 0.2) is 0 Å². The first-order valence-corrected chi connectivity index (χ1v) is 13.0. The van der Waals surface area contributed by atoms with E-state index in [0.29, 0.717) is 48.1 Å². The number of pyridine rings is 4. The molecule has 1 aliphatic rings. The molecule has 5 rings (SSSR count). The molecule has 0 aromatic carbocycles. The maximum Gasteiger partial charge on any atom is 0.228 e. The van der Waals surface area contributed by atoms with Crippen LogP contribution in [0.2, 0.25) is 5.15 Å². The zero-order valence-electron chi connectivity index (χ0n) is 21.7. The number of hydrogen-bond acceptors (Lipinski definition) is 8. The molecule has 1 saturated carbocycles. The van der Waals surface area contributed by atoms with E-state index >= 15 is 0 Å². The molecule has 1 fully saturated rings. The molecule has 0 radical (unpaired) electrons. The highest BCUT2D eigenvalue weighted by atomic mass is 35.5. The van der Waals surface area contributed by atoms with Crippen molar-refractivity contribution in [3.63, 3.8) is 0 Å². The number of nitrogens with one attached hydrogen (secondary N) is 2. The minimum Gasteiger partial charge on any atom is -0.476 e. The Balaban J connectivity index is 1.28. The number of rotatable bonds is 9. The van der Waals surface area contributed by atoms with Crippen LogP contribution < -0.4 is 15.4 Å². The standard InChI is InChI=1S/C29H28ClN7O2/c1-31-28-24-17-33-26(36-29(38)20-6-7-20)15-23(24)21(16-34-28)8-9-22-14-19(10-11-32-22)18-37(2)12-13-39-27-5-3-4-25(30)35-27/h3-5,10-11,14-17,20H,6-7,12-13,18H2,1-2H3,(H,31,34)(H,33,36,38). The van der Waals surface area contributed by atoms with Crippen LogP contribution in [0.25, 0.3) is 10.8 Å². The van der Waals surface area contributed by atoms with Gasteiger partial charge in [-0.05, 0) is 55.6 Å². The number of nitrogens with zero attached hydrogens (tertiary/aromatic N) is 5. The first-order valence-electron chi connectivity index (χ1n) is 12.7. The lowest BCUT2D eigenvalue weighted by Gasteiger charge is -2.16. The van der Waals surface area contributed by atoms with Crippen molar-refractivity contribution >= 4 is 39.9 Å². The molecule has 10 heteroatoms. The lowest BCUT2D eigenvalue weighted by Crippen LogP contribution is -2.24. The average molecular weight is 542 g/mol. The van der Waals surface area contributed by atoms with Crippen LogP contribution in [0.3, 0.4) is 0 Å². The third-order valence-corrected chi connectivity index (χ3v) is 6.43. The van der Waals surface area contributed by atoms with E-state index in [1.807, 2.05) is 38.4 Å². The summed E-state index contributed by atoms with van der Waals surface area (Å²) in [5, 5.41) is 8.09. The van der Waals surface area contributed by atoms with Gasteiger partial charge < -0.3 is 15.4 Å². The largest absolute Gasteiger partial charge is 0.476 e. The summed E-state index contributed by atoms with van der Waals surface area (Å²) in [7, 11) is 3.83. The molecule has 0 aliphatic heterocycles. The highest BCUT2D eigenvalue weighted by Crippen LogP contribution is 2.31. The number of fused-ring (bicyclic) bond motifs is 1. The molecule has 0 atom stereocenters. The van der Waals surface area contributed by atoms with E-state index in [1.165, 1.54) is 0 Å². The Hall–Kier alpha value is -4.26. The van der Waals surface area contributed by atoms with Crippen LogP contribution in [0.5, 0.6) is 5.88 Å². The Kier molecular flexibility index (Phi) is 8.16. The van der Waals surface area contributed by atoms with Gasteiger partial charge in [-0.15, -0.1) is 0 Å². The predicted molar refractivity (Wildman–Crippen MR) is 152 cm³/mol. The van der Waals surface area contributed by atoms with Gasteiger partial charge >= 0.3 is 0 Å². The number of likely N-dealkylation sites (N-methyl/N-ethyl adjacent to an activating group) is 1. The molecule has 0 bridgehead atoms. The van der Waals surface area contributed by atoms with Crippen LogP contribution in [0.15, 0.2) is 55.0 Å². The molecule has 4 aromatic heterocycles. The fraction of sp³-hybridized carbons (Fsp3) is 0.276. The SMILES string of the molecule is CNc1ncc(C#Cc2cc(CN(C)CCOc3cccc(Cl)n3)ccn2)c2cc(NC(=O)C3CC3)ncc12. The van der Waals surface area contributed by atoms with Crippen LogP contribution in [0, 0.1) is 17.8 Å². The topological polar surface area (TPSA) is 105 Å². The summed E-state index contributed by atoms with van der Waals surface area (Å²) in [4.78, 5) is 31.9. The van der Waals surface area contributed by atoms with Crippen LogP contribution in [0.4, 0.5) is 11.6 Å². The van der Waals surface area contributed by atoms with Crippen LogP contribution in [-0.2, 0) is 11.3 Å². The summed E-state index contributed by atoms with van der Waals surface area (Å²) in [5.74, 6) is 8.20. The number of carbonyl (C=O) groups excluding carboxylic acids is 1. The summed E-state index contributed by atoms with van der Waals surface area (Å²) in [5.41, 5.74) is 2.47. The van der Waals surface area contributed by atoms with Gasteiger partial charge in [0, 0.05) is 61.5 Å². The van der Waals surface area contributed by atoms with Gasteiger partial charge in [-0.3, -0.25) is 9.69 Å². The van der Waals surface area contributed by atoms with Gasteiger partial charge in [0.2, 0.25) is 11.8 Å². The van der Waals surface area contributed by atoms with Crippen molar-refractivity contribution in [3.8, 4) is 17.7 Å². The number of anilines is 2. The van der Waals surface area contributed by atoms with E-state index in [0.717, 1.165) is 34.7 Å². The van der Waals surface area contributed by atoms with Crippen molar-refractivity contribution in [2.45, 2.75) is 19.4 Å². The van der Waals surface area contributed by atoms with Crippen LogP contribution in [-0.4, -0.2) is 58.0 Å². The van der Waals surface area contributed by atoms with Crippen molar-refractivity contribution < 1.29 is 9.53 Å². The minimum absolute atomic E-state index is 0.0102. The normalized spacial score (nSPS) is 12.6. The fourth-order valence-corrected chi connectivity index (χ4v) is 4.17. The minimum atomic E-state index is 0.0102. The second-order valence-corrected chi connectivity index (χ2v) is 9.72. The number of halogens is 1. The Morgan fingerprint density at radius 1 is 1.13 bits per heavy atom. The summed E-state index contributed by atoms with van der Waals surface area (Å²) in [6.07, 6.45) is 7.05. The molecule has 0 spiro atoms. The monoisotopic (exact) mass is 541 g/mol. The van der Waals surface area contributed by atoms with Gasteiger partial charge in [-0.1, -0.05) is 23.6 Å². The Morgan fingerprint density at radius 2 is 2.00 bits per heavy atom. The summed E-state index contributed by atoms with van der Waals surface area (Å²) in [6, 6.07) is 11.1. The molecule has 1 aliphatic carbocycles. The summed E-state index contributed by atoms with van der Waals surface area (Å²) in [6.45, 7) is 1.91. The average Bonchev–Trinajstić information content (AvgIpc) is 3.78. The van der Waals surface area contributed by atoms with Gasteiger partial charge in [0.1, 0.15) is 29.1 Å².